The van der Waals surface area contributed by atoms with Crippen LogP contribution in [0.25, 0.3) is 0 Å². The number of anilines is 2. The van der Waals surface area contributed by atoms with Gasteiger partial charge in [-0.3, -0.25) is 0 Å². The van der Waals surface area contributed by atoms with E-state index < -0.39 is 0 Å². The molecule has 0 saturated carbocycles. The average molecular weight is 404 g/mol. The molecule has 0 bridgehead atoms. The van der Waals surface area contributed by atoms with Crippen LogP contribution in [-0.4, -0.2) is 35.6 Å². The molecule has 2 N–H and O–H groups in total. The zero-order valence-corrected chi connectivity index (χ0v) is 17.1. The van der Waals surface area contributed by atoms with Crippen LogP contribution in [-0.2, 0) is 0 Å². The number of fused-ring (bicyclic) bond motifs is 2. The van der Waals surface area contributed by atoms with Crippen LogP contribution in [0.4, 0.5) is 11.4 Å². The smallest absolute Gasteiger partial charge is 0.104 e. The van der Waals surface area contributed by atoms with Crippen LogP contribution in [0.15, 0.2) is 46.2 Å². The van der Waals surface area contributed by atoms with E-state index in [2.05, 4.69) is 41.0 Å². The number of rotatable bonds is 4. The maximum Gasteiger partial charge on any atom is 0.104 e. The van der Waals surface area contributed by atoms with Crippen LogP contribution in [0.1, 0.15) is 25.3 Å². The molecule has 2 heterocycles. The highest BCUT2D eigenvalue weighted by Gasteiger charge is 2.29. The molecule has 136 valence electrons. The molecule has 0 amide bonds. The summed E-state index contributed by atoms with van der Waals surface area (Å²) in [5.41, 5.74) is 9.20. The fourth-order valence-corrected chi connectivity index (χ4v) is 5.31. The van der Waals surface area contributed by atoms with Gasteiger partial charge in [-0.15, -0.1) is 0 Å². The van der Waals surface area contributed by atoms with Crippen LogP contribution in [0.3, 0.4) is 0 Å². The fourth-order valence-electron chi connectivity index (χ4n) is 3.86. The number of hydrogen-bond donors (Lipinski definition) is 1. The van der Waals surface area contributed by atoms with Gasteiger partial charge in [0.1, 0.15) is 4.99 Å². The van der Waals surface area contributed by atoms with E-state index >= 15 is 0 Å². The summed E-state index contributed by atoms with van der Waals surface area (Å²) >= 11 is 13.2. The van der Waals surface area contributed by atoms with E-state index in [1.165, 1.54) is 47.1 Å². The standard InChI is InChI=1S/C20H22ClN3S2/c1-13(12-23-8-2-3-9-23)24-16-6-5-15(21)11-19(16)26-18-7-4-14(20(22)25)10-17(18)24/h4-7,10-11,13H,2-3,8-9,12H2,1H3,(H2,22,25). The van der Waals surface area contributed by atoms with Crippen molar-refractivity contribution >= 4 is 51.9 Å². The molecule has 26 heavy (non-hydrogen) atoms. The minimum absolute atomic E-state index is 0.342. The van der Waals surface area contributed by atoms with Crippen molar-refractivity contribution in [2.24, 2.45) is 5.73 Å². The molecule has 1 saturated heterocycles. The van der Waals surface area contributed by atoms with E-state index in [-0.39, 0.29) is 0 Å². The SMILES string of the molecule is CC(CN1CCCC1)N1c2ccc(Cl)cc2Sc2ccc(C(N)=S)cc21. The lowest BCUT2D eigenvalue weighted by Crippen LogP contribution is -2.40. The monoisotopic (exact) mass is 403 g/mol. The molecule has 2 aliphatic heterocycles. The second-order valence-electron chi connectivity index (χ2n) is 6.99. The molecule has 6 heteroatoms. The van der Waals surface area contributed by atoms with Crippen LogP contribution in [0.2, 0.25) is 5.02 Å². The lowest BCUT2D eigenvalue weighted by molar-refractivity contribution is 0.319. The Kier molecular flexibility index (Phi) is 5.15. The number of hydrogen-bond acceptors (Lipinski definition) is 4. The Labute approximate surface area is 169 Å². The molecular formula is C20H22ClN3S2. The quantitative estimate of drug-likeness (QED) is 0.721. The van der Waals surface area contributed by atoms with Crippen molar-refractivity contribution in [3.05, 3.63) is 47.0 Å². The number of likely N-dealkylation sites (tertiary alicyclic amines) is 1. The first-order chi connectivity index (χ1) is 12.5. The summed E-state index contributed by atoms with van der Waals surface area (Å²) in [5, 5.41) is 0.770. The van der Waals surface area contributed by atoms with Gasteiger partial charge >= 0.3 is 0 Å². The number of nitrogens with zero attached hydrogens (tertiary/aromatic N) is 2. The summed E-state index contributed by atoms with van der Waals surface area (Å²) in [5.74, 6) is 0. The summed E-state index contributed by atoms with van der Waals surface area (Å²) in [4.78, 5) is 7.83. The van der Waals surface area contributed by atoms with Crippen molar-refractivity contribution in [3.8, 4) is 0 Å². The second kappa shape index (κ2) is 7.39. The Hall–Kier alpha value is -1.27. The first kappa shape index (κ1) is 18.1. The number of nitrogens with two attached hydrogens (primary N) is 1. The lowest BCUT2D eigenvalue weighted by Gasteiger charge is -2.39. The van der Waals surface area contributed by atoms with Gasteiger partial charge in [0.15, 0.2) is 0 Å². The first-order valence-electron chi connectivity index (χ1n) is 8.96. The van der Waals surface area contributed by atoms with Crippen molar-refractivity contribution < 1.29 is 0 Å². The highest BCUT2D eigenvalue weighted by molar-refractivity contribution is 7.99. The molecule has 0 aromatic heterocycles. The maximum atomic E-state index is 6.26. The lowest BCUT2D eigenvalue weighted by atomic mass is 10.1. The summed E-state index contributed by atoms with van der Waals surface area (Å²) in [7, 11) is 0. The molecule has 2 aromatic carbocycles. The van der Waals surface area contributed by atoms with Crippen LogP contribution in [0.5, 0.6) is 0 Å². The van der Waals surface area contributed by atoms with Crippen molar-refractivity contribution in [3.63, 3.8) is 0 Å². The zero-order chi connectivity index (χ0) is 18.3. The van der Waals surface area contributed by atoms with Gasteiger partial charge in [-0.2, -0.15) is 0 Å². The molecule has 1 atom stereocenters. The topological polar surface area (TPSA) is 32.5 Å². The van der Waals surface area contributed by atoms with E-state index in [0.29, 0.717) is 11.0 Å². The Balaban J connectivity index is 1.77. The zero-order valence-electron chi connectivity index (χ0n) is 14.7. The van der Waals surface area contributed by atoms with Crippen LogP contribution < -0.4 is 10.6 Å². The van der Waals surface area contributed by atoms with E-state index in [0.717, 1.165) is 17.1 Å². The van der Waals surface area contributed by atoms with E-state index in [1.54, 1.807) is 11.8 Å². The Bertz CT molecular complexity index is 849. The molecule has 1 unspecified atom stereocenters. The molecule has 1 fully saturated rings. The van der Waals surface area contributed by atoms with Gasteiger partial charge in [0, 0.05) is 33.0 Å². The van der Waals surface area contributed by atoms with Crippen molar-refractivity contribution in [2.45, 2.75) is 35.6 Å². The number of thiocarbonyl (C=S) groups is 1. The largest absolute Gasteiger partial charge is 0.389 e. The molecule has 4 rings (SSSR count). The normalized spacial score (nSPS) is 17.7. The molecule has 0 aliphatic carbocycles. The van der Waals surface area contributed by atoms with Crippen molar-refractivity contribution in [2.75, 3.05) is 24.5 Å². The molecular weight excluding hydrogens is 382 g/mol. The highest BCUT2D eigenvalue weighted by Crippen LogP contribution is 2.50. The van der Waals surface area contributed by atoms with Gasteiger partial charge in [-0.1, -0.05) is 41.6 Å². The Morgan fingerprint density at radius 2 is 1.92 bits per heavy atom. The van der Waals surface area contributed by atoms with Crippen LogP contribution in [0, 0.1) is 0 Å². The second-order valence-corrected chi connectivity index (χ2v) is 8.95. The third-order valence-electron chi connectivity index (χ3n) is 5.07. The van der Waals surface area contributed by atoms with Gasteiger partial charge in [0.2, 0.25) is 0 Å². The van der Waals surface area contributed by atoms with Gasteiger partial charge in [0.25, 0.3) is 0 Å². The molecule has 0 radical (unpaired) electrons. The minimum atomic E-state index is 0.342. The summed E-state index contributed by atoms with van der Waals surface area (Å²) in [6.07, 6.45) is 2.61. The van der Waals surface area contributed by atoms with E-state index in [1.807, 2.05) is 12.1 Å². The molecule has 2 aromatic rings. The Morgan fingerprint density at radius 1 is 1.15 bits per heavy atom. The van der Waals surface area contributed by atoms with Crippen LogP contribution >= 0.6 is 35.6 Å². The van der Waals surface area contributed by atoms with Gasteiger partial charge in [-0.25, -0.2) is 0 Å². The van der Waals surface area contributed by atoms with Crippen molar-refractivity contribution in [1.82, 2.24) is 4.90 Å². The molecule has 2 aliphatic rings. The number of benzene rings is 2. The van der Waals surface area contributed by atoms with E-state index in [9.17, 15) is 0 Å². The summed E-state index contributed by atoms with van der Waals surface area (Å²) in [6, 6.07) is 12.8. The third-order valence-corrected chi connectivity index (χ3v) is 6.65. The highest BCUT2D eigenvalue weighted by atomic mass is 35.5. The minimum Gasteiger partial charge on any atom is -0.389 e. The first-order valence-corrected chi connectivity index (χ1v) is 10.6. The summed E-state index contributed by atoms with van der Waals surface area (Å²) < 4.78 is 0. The summed E-state index contributed by atoms with van der Waals surface area (Å²) in [6.45, 7) is 5.73. The Morgan fingerprint density at radius 3 is 2.65 bits per heavy atom. The van der Waals surface area contributed by atoms with Gasteiger partial charge in [-0.05, 0) is 63.2 Å². The third kappa shape index (κ3) is 3.46. The molecule has 0 spiro atoms. The number of halogens is 1. The fraction of sp³-hybridized carbons (Fsp3) is 0.350. The van der Waals surface area contributed by atoms with Gasteiger partial charge < -0.3 is 15.5 Å². The maximum absolute atomic E-state index is 6.26. The van der Waals surface area contributed by atoms with E-state index in [4.69, 9.17) is 29.6 Å². The molecule has 3 nitrogen and oxygen atoms in total. The van der Waals surface area contributed by atoms with Crippen molar-refractivity contribution in [1.29, 1.82) is 0 Å². The van der Waals surface area contributed by atoms with Gasteiger partial charge in [0.05, 0.1) is 11.4 Å². The predicted octanol–water partition coefficient (Wildman–Crippen LogP) is 5.06. The predicted molar refractivity (Wildman–Crippen MR) is 115 cm³/mol. The average Bonchev–Trinajstić information content (AvgIpc) is 3.11.